The minimum absolute atomic E-state index is 0.616. The molecule has 0 atom stereocenters. The molecule has 0 radical (unpaired) electrons. The highest BCUT2D eigenvalue weighted by atomic mass is 16.5. The molecule has 0 spiro atoms. The van der Waals surface area contributed by atoms with E-state index < -0.39 is 0 Å². The molecule has 5 heteroatoms. The molecule has 0 aliphatic carbocycles. The van der Waals surface area contributed by atoms with E-state index in [0.29, 0.717) is 5.95 Å². The van der Waals surface area contributed by atoms with E-state index >= 15 is 0 Å². The molecule has 0 bridgehead atoms. The van der Waals surface area contributed by atoms with E-state index in [1.807, 2.05) is 12.1 Å². The van der Waals surface area contributed by atoms with Crippen LogP contribution in [0.25, 0.3) is 110 Å². The number of rotatable bonds is 4. The molecule has 4 heterocycles. The molecule has 12 aromatic rings. The van der Waals surface area contributed by atoms with Gasteiger partial charge in [-0.1, -0.05) is 127 Å². The van der Waals surface area contributed by atoms with E-state index in [0.717, 1.165) is 94.2 Å². The van der Waals surface area contributed by atoms with Gasteiger partial charge >= 0.3 is 0 Å². The van der Waals surface area contributed by atoms with Gasteiger partial charge < -0.3 is 9.30 Å². The maximum atomic E-state index is 6.75. The highest BCUT2D eigenvalue weighted by Crippen LogP contribution is 2.51. The minimum atomic E-state index is 0.616. The number of hydrogen-bond acceptors (Lipinski definition) is 3. The van der Waals surface area contributed by atoms with Crippen molar-refractivity contribution in [3.05, 3.63) is 194 Å². The summed E-state index contributed by atoms with van der Waals surface area (Å²) in [6, 6.07) is 68.9. The Hall–Kier alpha value is -8.02. The van der Waals surface area contributed by atoms with Crippen molar-refractivity contribution in [2.75, 3.05) is 0 Å². The summed E-state index contributed by atoms with van der Waals surface area (Å²) in [6.45, 7) is 0. The van der Waals surface area contributed by atoms with E-state index in [2.05, 4.69) is 191 Å². The van der Waals surface area contributed by atoms with Crippen molar-refractivity contribution >= 4 is 65.3 Å². The largest absolute Gasteiger partial charge is 0.456 e. The van der Waals surface area contributed by atoms with Gasteiger partial charge in [0, 0.05) is 43.6 Å². The molecular weight excluding hydrogens is 721 g/mol. The molecular formula is C54H32N4O. The zero-order valence-corrected chi connectivity index (χ0v) is 31.7. The second-order valence-electron chi connectivity index (χ2n) is 15.3. The van der Waals surface area contributed by atoms with Gasteiger partial charge in [0.2, 0.25) is 5.95 Å². The zero-order chi connectivity index (χ0) is 38.6. The topological polar surface area (TPSA) is 44.9 Å². The Balaban J connectivity index is 1.10. The summed E-state index contributed by atoms with van der Waals surface area (Å²) in [5.41, 5.74) is 12.9. The van der Waals surface area contributed by atoms with Gasteiger partial charge in [-0.3, -0.25) is 4.57 Å². The van der Waals surface area contributed by atoms with Crippen LogP contribution in [0.4, 0.5) is 0 Å². The van der Waals surface area contributed by atoms with Gasteiger partial charge in [-0.05, 0) is 88.8 Å². The van der Waals surface area contributed by atoms with Crippen LogP contribution in [0.3, 0.4) is 0 Å². The first-order valence-corrected chi connectivity index (χ1v) is 20.0. The Bertz CT molecular complexity index is 3690. The smallest absolute Gasteiger partial charge is 0.235 e. The summed E-state index contributed by atoms with van der Waals surface area (Å²) in [5, 5.41) is 7.95. The van der Waals surface area contributed by atoms with Crippen molar-refractivity contribution in [3.8, 4) is 56.6 Å². The third-order valence-corrected chi connectivity index (χ3v) is 12.1. The fraction of sp³-hybridized carbons (Fsp3) is 0. The number of para-hydroxylation sites is 3. The molecule has 1 aliphatic rings. The molecule has 0 saturated carbocycles. The molecule has 0 fully saturated rings. The molecule has 3 aromatic heterocycles. The van der Waals surface area contributed by atoms with Crippen molar-refractivity contribution in [1.29, 1.82) is 0 Å². The van der Waals surface area contributed by atoms with E-state index in [9.17, 15) is 0 Å². The molecule has 9 aromatic carbocycles. The lowest BCUT2D eigenvalue weighted by atomic mass is 9.93. The summed E-state index contributed by atoms with van der Waals surface area (Å²) in [6.07, 6.45) is 0. The van der Waals surface area contributed by atoms with Crippen LogP contribution in [-0.4, -0.2) is 19.1 Å². The van der Waals surface area contributed by atoms with Crippen LogP contribution in [0.1, 0.15) is 0 Å². The summed E-state index contributed by atoms with van der Waals surface area (Å²) in [5.74, 6) is 2.30. The predicted molar refractivity (Wildman–Crippen MR) is 242 cm³/mol. The normalized spacial score (nSPS) is 12.2. The van der Waals surface area contributed by atoms with E-state index in [4.69, 9.17) is 14.7 Å². The summed E-state index contributed by atoms with van der Waals surface area (Å²) >= 11 is 0. The van der Waals surface area contributed by atoms with Crippen LogP contribution in [0.5, 0.6) is 11.5 Å². The number of nitrogens with zero attached hydrogens (tertiary/aromatic N) is 4. The van der Waals surface area contributed by atoms with Crippen LogP contribution in [0.2, 0.25) is 0 Å². The second-order valence-corrected chi connectivity index (χ2v) is 15.3. The van der Waals surface area contributed by atoms with Crippen molar-refractivity contribution in [1.82, 2.24) is 19.1 Å². The first kappa shape index (κ1) is 32.1. The zero-order valence-electron chi connectivity index (χ0n) is 31.7. The fourth-order valence-corrected chi connectivity index (χ4v) is 9.53. The van der Waals surface area contributed by atoms with Gasteiger partial charge in [0.1, 0.15) is 11.5 Å². The van der Waals surface area contributed by atoms with Gasteiger partial charge in [0.15, 0.2) is 0 Å². The highest BCUT2D eigenvalue weighted by molar-refractivity contribution is 6.19. The quantitative estimate of drug-likeness (QED) is 0.180. The predicted octanol–water partition coefficient (Wildman–Crippen LogP) is 14.1. The number of ether oxygens (including phenoxy) is 1. The van der Waals surface area contributed by atoms with Gasteiger partial charge in [0.25, 0.3) is 0 Å². The van der Waals surface area contributed by atoms with Crippen LogP contribution >= 0.6 is 0 Å². The maximum Gasteiger partial charge on any atom is 0.235 e. The summed E-state index contributed by atoms with van der Waals surface area (Å²) in [4.78, 5) is 10.8. The molecule has 1 aliphatic heterocycles. The lowest BCUT2D eigenvalue weighted by Crippen LogP contribution is -2.05. The average Bonchev–Trinajstić information content (AvgIpc) is 3.81. The molecule has 5 nitrogen and oxygen atoms in total. The van der Waals surface area contributed by atoms with E-state index in [-0.39, 0.29) is 0 Å². The first-order chi connectivity index (χ1) is 29.3. The Morgan fingerprint density at radius 1 is 0.407 bits per heavy atom. The Morgan fingerprint density at radius 3 is 1.88 bits per heavy atom. The van der Waals surface area contributed by atoms with Crippen molar-refractivity contribution in [2.45, 2.75) is 0 Å². The fourth-order valence-electron chi connectivity index (χ4n) is 9.53. The summed E-state index contributed by atoms with van der Waals surface area (Å²) < 4.78 is 11.4. The van der Waals surface area contributed by atoms with Crippen LogP contribution in [0.15, 0.2) is 194 Å². The average molecular weight is 753 g/mol. The van der Waals surface area contributed by atoms with Gasteiger partial charge in [-0.25, -0.2) is 9.97 Å². The molecule has 0 unspecified atom stereocenters. The lowest BCUT2D eigenvalue weighted by Gasteiger charge is -2.23. The second kappa shape index (κ2) is 12.2. The van der Waals surface area contributed by atoms with E-state index in [1.54, 1.807) is 0 Å². The summed E-state index contributed by atoms with van der Waals surface area (Å²) in [7, 11) is 0. The van der Waals surface area contributed by atoms with Crippen LogP contribution < -0.4 is 4.74 Å². The number of fused-ring (bicyclic) bond motifs is 10. The van der Waals surface area contributed by atoms with Gasteiger partial charge in [-0.15, -0.1) is 0 Å². The highest BCUT2D eigenvalue weighted by Gasteiger charge is 2.27. The number of hydrogen-bond donors (Lipinski definition) is 0. The molecule has 0 saturated heterocycles. The standard InChI is InChI=1S/C54H32N4O/c1-3-13-34(14-4-1)52-40-20-7-9-22-44(40)55-54(56-52)58-47-29-26-36(35-25-28-46-42(31-35)38-19-8-10-23-45(38)57(46)37-17-5-2-6-18-37)32-43(47)39-27-30-49-51(53(39)58)41-21-11-15-33-16-12-24-48(59-49)50(33)41/h1-32H. The lowest BCUT2D eigenvalue weighted by molar-refractivity contribution is 0.487. The van der Waals surface area contributed by atoms with Gasteiger partial charge in [0.05, 0.1) is 38.8 Å². The number of aromatic nitrogens is 4. The SMILES string of the molecule is c1ccc(-c2nc(-n3c4ccc(-c5ccc6c(c5)c5ccccc5n6-c5ccccc5)cc4c4ccc5c(c43)-c3cccc4cccc(c34)O5)nc3ccccc23)cc1. The first-order valence-electron chi connectivity index (χ1n) is 20.0. The van der Waals surface area contributed by atoms with Crippen LogP contribution in [-0.2, 0) is 0 Å². The molecule has 0 N–H and O–H groups in total. The Kier molecular flexibility index (Phi) is 6.66. The molecule has 274 valence electrons. The Labute approximate surface area is 338 Å². The third kappa shape index (κ3) is 4.67. The van der Waals surface area contributed by atoms with E-state index in [1.165, 1.54) is 21.8 Å². The minimum Gasteiger partial charge on any atom is -0.456 e. The van der Waals surface area contributed by atoms with Crippen molar-refractivity contribution in [3.63, 3.8) is 0 Å². The van der Waals surface area contributed by atoms with Gasteiger partial charge in [-0.2, -0.15) is 0 Å². The maximum absolute atomic E-state index is 6.75. The number of benzene rings is 9. The van der Waals surface area contributed by atoms with Crippen LogP contribution in [0, 0.1) is 0 Å². The molecule has 13 rings (SSSR count). The molecule has 0 amide bonds. The monoisotopic (exact) mass is 752 g/mol. The molecule has 59 heavy (non-hydrogen) atoms. The Morgan fingerprint density at radius 2 is 1.07 bits per heavy atom. The van der Waals surface area contributed by atoms with Crippen molar-refractivity contribution in [2.24, 2.45) is 0 Å². The van der Waals surface area contributed by atoms with Crippen molar-refractivity contribution < 1.29 is 4.74 Å². The third-order valence-electron chi connectivity index (χ3n) is 12.1.